The van der Waals surface area contributed by atoms with Gasteiger partial charge in [0.15, 0.2) is 5.13 Å². The number of alkyl halides is 3. The molecule has 2 N–H and O–H groups in total. The molecule has 4 nitrogen and oxygen atoms in total. The van der Waals surface area contributed by atoms with E-state index < -0.39 is 11.7 Å². The number of rotatable bonds is 10. The molecule has 0 fully saturated rings. The predicted molar refractivity (Wildman–Crippen MR) is 119 cm³/mol. The molecule has 0 saturated heterocycles. The summed E-state index contributed by atoms with van der Waals surface area (Å²) in [6.45, 7) is 2.14. The van der Waals surface area contributed by atoms with Gasteiger partial charge >= 0.3 is 6.18 Å². The molecule has 8 heteroatoms. The molecule has 2 aromatic heterocycles. The highest BCUT2D eigenvalue weighted by Gasteiger charge is 2.33. The molecule has 31 heavy (non-hydrogen) atoms. The minimum absolute atomic E-state index is 0.0851. The second-order valence-corrected chi connectivity index (χ2v) is 8.31. The number of aromatic hydroxyl groups is 1. The lowest BCUT2D eigenvalue weighted by Crippen LogP contribution is -2.10. The van der Waals surface area contributed by atoms with Crippen LogP contribution in [-0.2, 0) is 12.6 Å². The van der Waals surface area contributed by atoms with Crippen molar-refractivity contribution in [2.24, 2.45) is 0 Å². The van der Waals surface area contributed by atoms with Gasteiger partial charge in [-0.3, -0.25) is 0 Å². The first-order valence-corrected chi connectivity index (χ1v) is 11.3. The number of aromatic nitrogens is 2. The van der Waals surface area contributed by atoms with Crippen molar-refractivity contribution in [3.05, 3.63) is 53.0 Å². The Morgan fingerprint density at radius 1 is 1.03 bits per heavy atom. The summed E-state index contributed by atoms with van der Waals surface area (Å²) in [6.07, 6.45) is 3.76. The summed E-state index contributed by atoms with van der Waals surface area (Å²) in [5, 5.41) is 14.5. The molecule has 2 heterocycles. The summed E-state index contributed by atoms with van der Waals surface area (Å²) in [5.41, 5.74) is 1.45. The summed E-state index contributed by atoms with van der Waals surface area (Å²) >= 11 is 1.29. The Morgan fingerprint density at radius 2 is 1.81 bits per heavy atom. The molecule has 3 rings (SSSR count). The zero-order chi connectivity index (χ0) is 22.3. The molecule has 0 saturated carbocycles. The van der Waals surface area contributed by atoms with Crippen molar-refractivity contribution in [1.82, 2.24) is 9.97 Å². The number of nitrogens with zero attached hydrogens (tertiary/aromatic N) is 2. The van der Waals surface area contributed by atoms with E-state index in [4.69, 9.17) is 0 Å². The van der Waals surface area contributed by atoms with Gasteiger partial charge < -0.3 is 10.4 Å². The number of anilines is 2. The standard InChI is InChI=1S/C23H26F3N3OS/c1-2-3-4-5-6-7-8-16-9-11-18(13-19(16)23(24,25)26)28-22-29-20(15-31-22)17-10-12-21(30)27-14-17/h9-15H,2-8H2,1H3,(H,27,30)(H,28,29). The predicted octanol–water partition coefficient (Wildman–Crippen LogP) is 7.58. The third kappa shape index (κ3) is 6.69. The van der Waals surface area contributed by atoms with Crippen LogP contribution in [0.5, 0.6) is 5.88 Å². The van der Waals surface area contributed by atoms with Gasteiger partial charge in [-0.25, -0.2) is 9.97 Å². The molecule has 0 aliphatic rings. The highest BCUT2D eigenvalue weighted by atomic mass is 32.1. The maximum Gasteiger partial charge on any atom is 0.416 e. The van der Waals surface area contributed by atoms with Crippen LogP contribution in [0.4, 0.5) is 24.0 Å². The van der Waals surface area contributed by atoms with Crippen LogP contribution in [0.15, 0.2) is 41.9 Å². The second kappa shape index (κ2) is 10.6. The Morgan fingerprint density at radius 3 is 2.52 bits per heavy atom. The smallest absolute Gasteiger partial charge is 0.416 e. The number of benzene rings is 1. The molecule has 0 aliphatic carbocycles. The lowest BCUT2D eigenvalue weighted by atomic mass is 9.99. The molecular weight excluding hydrogens is 423 g/mol. The number of aryl methyl sites for hydroxylation is 1. The third-order valence-electron chi connectivity index (χ3n) is 5.01. The Balaban J connectivity index is 1.68. The largest absolute Gasteiger partial charge is 0.493 e. The normalized spacial score (nSPS) is 11.6. The van der Waals surface area contributed by atoms with Crippen molar-refractivity contribution in [2.75, 3.05) is 5.32 Å². The maximum atomic E-state index is 13.6. The number of nitrogens with one attached hydrogen (secondary N) is 1. The van der Waals surface area contributed by atoms with E-state index in [0.717, 1.165) is 38.2 Å². The van der Waals surface area contributed by atoms with Crippen molar-refractivity contribution in [3.63, 3.8) is 0 Å². The highest BCUT2D eigenvalue weighted by Crippen LogP contribution is 2.36. The van der Waals surface area contributed by atoms with Gasteiger partial charge in [0.25, 0.3) is 0 Å². The van der Waals surface area contributed by atoms with Crippen LogP contribution in [-0.4, -0.2) is 15.1 Å². The van der Waals surface area contributed by atoms with Gasteiger partial charge in [-0.1, -0.05) is 45.1 Å². The molecule has 0 unspecified atom stereocenters. The van der Waals surface area contributed by atoms with E-state index in [9.17, 15) is 18.3 Å². The first-order valence-electron chi connectivity index (χ1n) is 10.4. The summed E-state index contributed by atoms with van der Waals surface area (Å²) in [5.74, 6) is -0.0851. The van der Waals surface area contributed by atoms with E-state index in [1.165, 1.54) is 30.0 Å². The highest BCUT2D eigenvalue weighted by molar-refractivity contribution is 7.14. The third-order valence-corrected chi connectivity index (χ3v) is 5.77. The van der Waals surface area contributed by atoms with Crippen LogP contribution in [0.25, 0.3) is 11.3 Å². The monoisotopic (exact) mass is 449 g/mol. The number of halogens is 3. The van der Waals surface area contributed by atoms with Crippen LogP contribution < -0.4 is 5.32 Å². The number of pyridine rings is 1. The Labute approximate surface area is 184 Å². The van der Waals surface area contributed by atoms with Gasteiger partial charge in [0.2, 0.25) is 5.88 Å². The van der Waals surface area contributed by atoms with E-state index in [-0.39, 0.29) is 5.88 Å². The summed E-state index contributed by atoms with van der Waals surface area (Å²) in [4.78, 5) is 8.23. The SMILES string of the molecule is CCCCCCCCc1ccc(Nc2nc(-c3ccc(O)nc3)cs2)cc1C(F)(F)F. The van der Waals surface area contributed by atoms with Gasteiger partial charge in [-0.2, -0.15) is 13.2 Å². The molecule has 0 spiro atoms. The number of unbranched alkanes of at least 4 members (excludes halogenated alkanes) is 5. The van der Waals surface area contributed by atoms with Crippen LogP contribution in [0.2, 0.25) is 0 Å². The summed E-state index contributed by atoms with van der Waals surface area (Å²) in [7, 11) is 0. The summed E-state index contributed by atoms with van der Waals surface area (Å²) in [6, 6.07) is 7.54. The average Bonchev–Trinajstić information content (AvgIpc) is 3.19. The van der Waals surface area contributed by atoms with E-state index in [2.05, 4.69) is 22.2 Å². The van der Waals surface area contributed by atoms with Gasteiger partial charge in [0.1, 0.15) is 0 Å². The molecule has 166 valence electrons. The van der Waals surface area contributed by atoms with Gasteiger partial charge in [0.05, 0.1) is 11.3 Å². The van der Waals surface area contributed by atoms with Gasteiger partial charge in [-0.15, -0.1) is 11.3 Å². The van der Waals surface area contributed by atoms with Gasteiger partial charge in [0, 0.05) is 28.9 Å². The molecule has 3 aromatic rings. The van der Waals surface area contributed by atoms with Crippen molar-refractivity contribution in [2.45, 2.75) is 58.0 Å². The molecule has 0 amide bonds. The average molecular weight is 450 g/mol. The zero-order valence-electron chi connectivity index (χ0n) is 17.4. The zero-order valence-corrected chi connectivity index (χ0v) is 18.2. The van der Waals surface area contributed by atoms with Crippen molar-refractivity contribution in [3.8, 4) is 17.1 Å². The maximum absolute atomic E-state index is 13.6. The minimum atomic E-state index is -4.40. The fourth-order valence-electron chi connectivity index (χ4n) is 3.36. The van der Waals surface area contributed by atoms with E-state index in [0.29, 0.717) is 34.1 Å². The van der Waals surface area contributed by atoms with Crippen molar-refractivity contribution >= 4 is 22.2 Å². The second-order valence-electron chi connectivity index (χ2n) is 7.46. The summed E-state index contributed by atoms with van der Waals surface area (Å²) < 4.78 is 40.9. The number of thiazole rings is 1. The lowest BCUT2D eigenvalue weighted by molar-refractivity contribution is -0.138. The topological polar surface area (TPSA) is 58.0 Å². The first-order chi connectivity index (χ1) is 14.9. The van der Waals surface area contributed by atoms with Crippen LogP contribution in [0.1, 0.15) is 56.6 Å². The van der Waals surface area contributed by atoms with Crippen LogP contribution in [0.3, 0.4) is 0 Å². The fraction of sp³-hybridized carbons (Fsp3) is 0.391. The van der Waals surface area contributed by atoms with Gasteiger partial charge in [-0.05, 0) is 36.6 Å². The minimum Gasteiger partial charge on any atom is -0.493 e. The Hall–Kier alpha value is -2.61. The number of hydrogen-bond acceptors (Lipinski definition) is 5. The molecule has 0 aliphatic heterocycles. The molecule has 0 bridgehead atoms. The Bertz CT molecular complexity index is 971. The van der Waals surface area contributed by atoms with E-state index >= 15 is 0 Å². The van der Waals surface area contributed by atoms with Crippen molar-refractivity contribution in [1.29, 1.82) is 0 Å². The molecular formula is C23H26F3N3OS. The quantitative estimate of drug-likeness (QED) is 0.313. The lowest BCUT2D eigenvalue weighted by Gasteiger charge is -2.15. The number of hydrogen-bond donors (Lipinski definition) is 2. The fourth-order valence-corrected chi connectivity index (χ4v) is 4.10. The van der Waals surface area contributed by atoms with Crippen LogP contribution in [0, 0.1) is 0 Å². The molecule has 0 atom stereocenters. The van der Waals surface area contributed by atoms with E-state index in [1.807, 2.05) is 0 Å². The van der Waals surface area contributed by atoms with Crippen molar-refractivity contribution < 1.29 is 18.3 Å². The Kier molecular flexibility index (Phi) is 7.90. The molecule has 0 radical (unpaired) electrons. The first kappa shape index (κ1) is 23.1. The molecule has 1 aromatic carbocycles. The van der Waals surface area contributed by atoms with E-state index in [1.54, 1.807) is 23.6 Å². The van der Waals surface area contributed by atoms with Crippen LogP contribution >= 0.6 is 11.3 Å².